The number of hydrogen-bond donors (Lipinski definition) is 2. The Kier molecular flexibility index (Phi) is 5.23. The lowest BCUT2D eigenvalue weighted by atomic mass is 10.0. The minimum Gasteiger partial charge on any atom is -0.384 e. The van der Waals surface area contributed by atoms with Gasteiger partial charge in [-0.3, -0.25) is 4.79 Å². The Morgan fingerprint density at radius 2 is 2.24 bits per heavy atom. The highest BCUT2D eigenvalue weighted by Crippen LogP contribution is 2.24. The molecule has 0 bridgehead atoms. The highest BCUT2D eigenvalue weighted by Gasteiger charge is 2.30. The zero-order valence-corrected chi connectivity index (χ0v) is 13.3. The van der Waals surface area contributed by atoms with Gasteiger partial charge < -0.3 is 15.4 Å². The largest absolute Gasteiger partial charge is 0.384 e. The molecule has 1 amide bonds. The summed E-state index contributed by atoms with van der Waals surface area (Å²) in [6.45, 7) is 8.39. The van der Waals surface area contributed by atoms with Crippen molar-refractivity contribution in [3.05, 3.63) is 29.3 Å². The van der Waals surface area contributed by atoms with Crippen molar-refractivity contribution in [1.82, 2.24) is 5.32 Å². The van der Waals surface area contributed by atoms with E-state index in [0.717, 1.165) is 43.7 Å². The number of amides is 1. The predicted molar refractivity (Wildman–Crippen MR) is 85.9 cm³/mol. The molecule has 1 saturated heterocycles. The molecular weight excluding hydrogens is 264 g/mol. The number of anilines is 1. The molecule has 2 N–H and O–H groups in total. The van der Waals surface area contributed by atoms with Crippen LogP contribution >= 0.6 is 0 Å². The molecule has 116 valence electrons. The minimum absolute atomic E-state index is 0.0333. The summed E-state index contributed by atoms with van der Waals surface area (Å²) in [7, 11) is 0. The maximum atomic E-state index is 12.5. The number of carbonyl (C=O) groups is 1. The Hall–Kier alpha value is -1.55. The van der Waals surface area contributed by atoms with Crippen LogP contribution in [0.4, 0.5) is 5.69 Å². The molecule has 1 aromatic carbocycles. The van der Waals surface area contributed by atoms with Crippen LogP contribution in [0.15, 0.2) is 18.2 Å². The van der Waals surface area contributed by atoms with Crippen molar-refractivity contribution in [2.75, 3.05) is 25.0 Å². The molecule has 0 aliphatic carbocycles. The Morgan fingerprint density at radius 1 is 1.43 bits per heavy atom. The Morgan fingerprint density at radius 3 is 2.90 bits per heavy atom. The zero-order valence-electron chi connectivity index (χ0n) is 13.3. The van der Waals surface area contributed by atoms with Gasteiger partial charge in [0.15, 0.2) is 0 Å². The fourth-order valence-electron chi connectivity index (χ4n) is 2.60. The summed E-state index contributed by atoms with van der Waals surface area (Å²) in [6, 6.07) is 5.94. The van der Waals surface area contributed by atoms with E-state index in [2.05, 4.69) is 24.5 Å². The molecule has 0 aromatic heterocycles. The molecule has 1 aliphatic heterocycles. The number of hydrogen-bond acceptors (Lipinski definition) is 3. The summed E-state index contributed by atoms with van der Waals surface area (Å²) in [4.78, 5) is 12.5. The number of benzene rings is 1. The first-order valence-electron chi connectivity index (χ1n) is 7.81. The standard InChI is InChI=1S/C17H26N2O2/c1-4-9-18-15-7-6-13(2)11-14(15)16(20)19-12-17(3)8-5-10-21-17/h6-7,11,18H,4-5,8-10,12H2,1-3H3,(H,19,20). The second-order valence-corrected chi connectivity index (χ2v) is 6.06. The van der Waals surface area contributed by atoms with E-state index in [4.69, 9.17) is 4.74 Å². The molecule has 1 unspecified atom stereocenters. The van der Waals surface area contributed by atoms with Crippen LogP contribution in [-0.2, 0) is 4.74 Å². The van der Waals surface area contributed by atoms with Crippen molar-refractivity contribution in [3.63, 3.8) is 0 Å². The SMILES string of the molecule is CCCNc1ccc(C)cc1C(=O)NCC1(C)CCCO1. The molecule has 21 heavy (non-hydrogen) atoms. The molecule has 1 aromatic rings. The van der Waals surface area contributed by atoms with Crippen molar-refractivity contribution in [1.29, 1.82) is 0 Å². The molecule has 1 atom stereocenters. The lowest BCUT2D eigenvalue weighted by Gasteiger charge is -2.23. The third-order valence-electron chi connectivity index (χ3n) is 3.91. The van der Waals surface area contributed by atoms with E-state index < -0.39 is 0 Å². The van der Waals surface area contributed by atoms with Gasteiger partial charge in [0.25, 0.3) is 5.91 Å². The molecule has 0 radical (unpaired) electrons. The van der Waals surface area contributed by atoms with Crippen molar-refractivity contribution in [2.24, 2.45) is 0 Å². The van der Waals surface area contributed by atoms with Crippen LogP contribution in [-0.4, -0.2) is 31.2 Å². The summed E-state index contributed by atoms with van der Waals surface area (Å²) in [5, 5.41) is 6.34. The average molecular weight is 290 g/mol. The van der Waals surface area contributed by atoms with Crippen LogP contribution in [0.2, 0.25) is 0 Å². The fraction of sp³-hybridized carbons (Fsp3) is 0.588. The van der Waals surface area contributed by atoms with Crippen LogP contribution in [0, 0.1) is 6.92 Å². The van der Waals surface area contributed by atoms with Gasteiger partial charge in [-0.2, -0.15) is 0 Å². The molecule has 4 nitrogen and oxygen atoms in total. The third kappa shape index (κ3) is 4.21. The number of carbonyl (C=O) groups excluding carboxylic acids is 1. The first-order valence-corrected chi connectivity index (χ1v) is 7.81. The zero-order chi connectivity index (χ0) is 15.3. The van der Waals surface area contributed by atoms with E-state index in [0.29, 0.717) is 12.1 Å². The van der Waals surface area contributed by atoms with Gasteiger partial charge in [-0.25, -0.2) is 0 Å². The van der Waals surface area contributed by atoms with E-state index in [1.807, 2.05) is 25.1 Å². The lowest BCUT2D eigenvalue weighted by Crippen LogP contribution is -2.40. The molecule has 1 heterocycles. The third-order valence-corrected chi connectivity index (χ3v) is 3.91. The van der Waals surface area contributed by atoms with Crippen molar-refractivity contribution < 1.29 is 9.53 Å². The Labute approximate surface area is 127 Å². The molecule has 2 rings (SSSR count). The van der Waals surface area contributed by atoms with Crippen molar-refractivity contribution in [3.8, 4) is 0 Å². The van der Waals surface area contributed by atoms with Gasteiger partial charge in [0.1, 0.15) is 0 Å². The summed E-state index contributed by atoms with van der Waals surface area (Å²) in [6.07, 6.45) is 3.10. The molecule has 1 aliphatic rings. The van der Waals surface area contributed by atoms with Crippen LogP contribution in [0.25, 0.3) is 0 Å². The smallest absolute Gasteiger partial charge is 0.253 e. The second-order valence-electron chi connectivity index (χ2n) is 6.06. The molecule has 4 heteroatoms. The van der Waals surface area contributed by atoms with Gasteiger partial charge >= 0.3 is 0 Å². The summed E-state index contributed by atoms with van der Waals surface area (Å²) >= 11 is 0. The monoisotopic (exact) mass is 290 g/mol. The molecular formula is C17H26N2O2. The van der Waals surface area contributed by atoms with Gasteiger partial charge in [0.2, 0.25) is 0 Å². The van der Waals surface area contributed by atoms with Gasteiger partial charge in [-0.05, 0) is 45.2 Å². The Bertz CT molecular complexity index is 494. The van der Waals surface area contributed by atoms with Gasteiger partial charge in [0, 0.05) is 25.4 Å². The maximum Gasteiger partial charge on any atom is 0.253 e. The van der Waals surface area contributed by atoms with E-state index in [9.17, 15) is 4.79 Å². The van der Waals surface area contributed by atoms with E-state index in [-0.39, 0.29) is 11.5 Å². The summed E-state index contributed by atoms with van der Waals surface area (Å²) in [5.41, 5.74) is 2.49. The van der Waals surface area contributed by atoms with Crippen LogP contribution in [0.1, 0.15) is 49.0 Å². The fourth-order valence-corrected chi connectivity index (χ4v) is 2.60. The van der Waals surface area contributed by atoms with Crippen molar-refractivity contribution in [2.45, 2.75) is 45.6 Å². The van der Waals surface area contributed by atoms with E-state index in [1.165, 1.54) is 0 Å². The van der Waals surface area contributed by atoms with Crippen LogP contribution < -0.4 is 10.6 Å². The van der Waals surface area contributed by atoms with Gasteiger partial charge in [-0.15, -0.1) is 0 Å². The number of nitrogens with one attached hydrogen (secondary N) is 2. The van der Waals surface area contributed by atoms with Gasteiger partial charge in [0.05, 0.1) is 11.2 Å². The normalized spacial score (nSPS) is 21.3. The minimum atomic E-state index is -0.212. The van der Waals surface area contributed by atoms with E-state index in [1.54, 1.807) is 0 Å². The first kappa shape index (κ1) is 15.8. The van der Waals surface area contributed by atoms with Crippen molar-refractivity contribution >= 4 is 11.6 Å². The number of aryl methyl sites for hydroxylation is 1. The topological polar surface area (TPSA) is 50.4 Å². The Balaban J connectivity index is 2.04. The predicted octanol–water partition coefficient (Wildman–Crippen LogP) is 3.12. The highest BCUT2D eigenvalue weighted by molar-refractivity contribution is 5.99. The highest BCUT2D eigenvalue weighted by atomic mass is 16.5. The molecule has 1 fully saturated rings. The van der Waals surface area contributed by atoms with E-state index >= 15 is 0 Å². The molecule has 0 saturated carbocycles. The maximum absolute atomic E-state index is 12.5. The summed E-state index contributed by atoms with van der Waals surface area (Å²) < 4.78 is 5.72. The average Bonchev–Trinajstić information content (AvgIpc) is 2.91. The number of rotatable bonds is 6. The first-order chi connectivity index (χ1) is 10.0. The number of ether oxygens (including phenoxy) is 1. The second kappa shape index (κ2) is 6.94. The molecule has 0 spiro atoms. The summed E-state index contributed by atoms with van der Waals surface area (Å²) in [5.74, 6) is -0.0333. The van der Waals surface area contributed by atoms with Gasteiger partial charge in [-0.1, -0.05) is 18.6 Å². The van der Waals surface area contributed by atoms with Crippen LogP contribution in [0.3, 0.4) is 0 Å². The quantitative estimate of drug-likeness (QED) is 0.846. The lowest BCUT2D eigenvalue weighted by molar-refractivity contribution is 0.0206. The van der Waals surface area contributed by atoms with Crippen LogP contribution in [0.5, 0.6) is 0 Å².